The van der Waals surface area contributed by atoms with Gasteiger partial charge in [0.25, 0.3) is 5.91 Å². The lowest BCUT2D eigenvalue weighted by Crippen LogP contribution is -2.36. The van der Waals surface area contributed by atoms with Crippen molar-refractivity contribution in [2.75, 3.05) is 19.6 Å². The van der Waals surface area contributed by atoms with Crippen molar-refractivity contribution in [3.63, 3.8) is 0 Å². The Morgan fingerprint density at radius 3 is 2.69 bits per heavy atom. The highest BCUT2D eigenvalue weighted by atomic mass is 32.1. The number of aliphatic imine (C=N–C) groups is 1. The Balaban J connectivity index is 1.63. The molecule has 7 heteroatoms. The van der Waals surface area contributed by atoms with E-state index in [1.165, 1.54) is 11.3 Å². The van der Waals surface area contributed by atoms with Crippen molar-refractivity contribution in [2.45, 2.75) is 53.1 Å². The van der Waals surface area contributed by atoms with E-state index in [1.807, 2.05) is 43.0 Å². The number of likely N-dealkylation sites (tertiary alicyclic amines) is 1. The maximum Gasteiger partial charge on any atom is 0.253 e. The molecule has 0 atom stereocenters. The highest BCUT2D eigenvalue weighted by molar-refractivity contribution is 7.11. The van der Waals surface area contributed by atoms with Gasteiger partial charge in [0, 0.05) is 30.1 Å². The summed E-state index contributed by atoms with van der Waals surface area (Å²) in [6, 6.07) is 7.84. The summed E-state index contributed by atoms with van der Waals surface area (Å²) in [7, 11) is 0. The van der Waals surface area contributed by atoms with Crippen molar-refractivity contribution in [3.8, 4) is 0 Å². The fourth-order valence-electron chi connectivity index (χ4n) is 3.37. The first kappa shape index (κ1) is 21.3. The molecule has 2 aromatic rings. The van der Waals surface area contributed by atoms with Crippen LogP contribution < -0.4 is 10.6 Å². The minimum absolute atomic E-state index is 0.134. The predicted molar refractivity (Wildman–Crippen MR) is 119 cm³/mol. The molecule has 1 fully saturated rings. The first-order chi connectivity index (χ1) is 14.1. The summed E-state index contributed by atoms with van der Waals surface area (Å²) in [5, 5.41) is 7.68. The van der Waals surface area contributed by atoms with E-state index in [4.69, 9.17) is 0 Å². The van der Waals surface area contributed by atoms with Crippen LogP contribution in [0.4, 0.5) is 0 Å². The standard InChI is InChI=1S/C22H31N5OS/c1-4-23-22(25-15-20-26-16(2)17(3)29-20)24-14-18-9-8-10-19(13-18)21(28)27-11-6-5-7-12-27/h8-10,13H,4-7,11-12,14-15H2,1-3H3,(H2,23,24,25). The summed E-state index contributed by atoms with van der Waals surface area (Å²) >= 11 is 1.71. The molecule has 3 rings (SSSR count). The number of aryl methyl sites for hydroxylation is 2. The third kappa shape index (κ3) is 6.03. The number of carbonyl (C=O) groups excluding carboxylic acids is 1. The zero-order valence-electron chi connectivity index (χ0n) is 17.6. The summed E-state index contributed by atoms with van der Waals surface area (Å²) in [6.07, 6.45) is 3.43. The van der Waals surface area contributed by atoms with Crippen LogP contribution in [0.25, 0.3) is 0 Å². The number of guanidine groups is 1. The Morgan fingerprint density at radius 1 is 1.21 bits per heavy atom. The van der Waals surface area contributed by atoms with Crippen molar-refractivity contribution in [1.29, 1.82) is 0 Å². The number of amides is 1. The average Bonchev–Trinajstić information content (AvgIpc) is 3.07. The largest absolute Gasteiger partial charge is 0.357 e. The van der Waals surface area contributed by atoms with Gasteiger partial charge in [-0.15, -0.1) is 11.3 Å². The van der Waals surface area contributed by atoms with Gasteiger partial charge < -0.3 is 15.5 Å². The smallest absolute Gasteiger partial charge is 0.253 e. The van der Waals surface area contributed by atoms with Gasteiger partial charge >= 0.3 is 0 Å². The van der Waals surface area contributed by atoms with Gasteiger partial charge in [0.1, 0.15) is 5.01 Å². The van der Waals surface area contributed by atoms with E-state index in [0.29, 0.717) is 13.1 Å². The predicted octanol–water partition coefficient (Wildman–Crippen LogP) is 3.64. The van der Waals surface area contributed by atoms with E-state index in [0.717, 1.165) is 60.3 Å². The van der Waals surface area contributed by atoms with Crippen LogP contribution >= 0.6 is 11.3 Å². The number of aromatic nitrogens is 1. The SMILES string of the molecule is CCNC(=NCc1cccc(C(=O)N2CCCCC2)c1)NCc1nc(C)c(C)s1. The summed E-state index contributed by atoms with van der Waals surface area (Å²) < 4.78 is 0. The summed E-state index contributed by atoms with van der Waals surface area (Å²) in [6.45, 7) is 9.87. The second-order valence-corrected chi connectivity index (χ2v) is 8.64. The molecule has 1 aromatic carbocycles. The first-order valence-electron chi connectivity index (χ1n) is 10.4. The number of piperidine rings is 1. The third-order valence-corrected chi connectivity index (χ3v) is 6.13. The number of thiazole rings is 1. The van der Waals surface area contributed by atoms with E-state index in [-0.39, 0.29) is 5.91 Å². The number of benzene rings is 1. The molecule has 1 aromatic heterocycles. The molecule has 0 unspecified atom stereocenters. The number of rotatable bonds is 6. The molecule has 1 aliphatic heterocycles. The molecule has 0 aliphatic carbocycles. The van der Waals surface area contributed by atoms with E-state index in [2.05, 4.69) is 27.5 Å². The Hall–Kier alpha value is -2.41. The van der Waals surface area contributed by atoms with Gasteiger partial charge in [0.15, 0.2) is 5.96 Å². The van der Waals surface area contributed by atoms with Crippen molar-refractivity contribution in [2.24, 2.45) is 4.99 Å². The van der Waals surface area contributed by atoms with Gasteiger partial charge in [-0.3, -0.25) is 4.79 Å². The van der Waals surface area contributed by atoms with E-state index in [9.17, 15) is 4.79 Å². The van der Waals surface area contributed by atoms with E-state index in [1.54, 1.807) is 11.3 Å². The minimum Gasteiger partial charge on any atom is -0.357 e. The minimum atomic E-state index is 0.134. The van der Waals surface area contributed by atoms with Crippen molar-refractivity contribution in [3.05, 3.63) is 51.0 Å². The second-order valence-electron chi connectivity index (χ2n) is 7.35. The fourth-order valence-corrected chi connectivity index (χ4v) is 4.24. The monoisotopic (exact) mass is 413 g/mol. The van der Waals surface area contributed by atoms with Gasteiger partial charge in [-0.1, -0.05) is 12.1 Å². The van der Waals surface area contributed by atoms with Crippen molar-refractivity contribution in [1.82, 2.24) is 20.5 Å². The molecule has 1 aliphatic rings. The van der Waals surface area contributed by atoms with Gasteiger partial charge in [0.2, 0.25) is 0 Å². The number of hydrogen-bond acceptors (Lipinski definition) is 4. The van der Waals surface area contributed by atoms with Crippen molar-refractivity contribution >= 4 is 23.2 Å². The molecule has 1 amide bonds. The van der Waals surface area contributed by atoms with Gasteiger partial charge in [-0.25, -0.2) is 9.98 Å². The molecule has 1 saturated heterocycles. The summed E-state index contributed by atoms with van der Waals surface area (Å²) in [5.74, 6) is 0.890. The molecule has 156 valence electrons. The third-order valence-electron chi connectivity index (χ3n) is 5.06. The number of nitrogens with one attached hydrogen (secondary N) is 2. The number of nitrogens with zero attached hydrogens (tertiary/aromatic N) is 3. The molecule has 0 spiro atoms. The van der Waals surface area contributed by atoms with Crippen LogP contribution in [0.15, 0.2) is 29.3 Å². The van der Waals surface area contributed by atoms with Crippen LogP contribution in [0.2, 0.25) is 0 Å². The molecule has 0 saturated carbocycles. The molecular formula is C22H31N5OS. The molecule has 6 nitrogen and oxygen atoms in total. The maximum atomic E-state index is 12.7. The van der Waals surface area contributed by atoms with E-state index < -0.39 is 0 Å². The lowest BCUT2D eigenvalue weighted by molar-refractivity contribution is 0.0724. The van der Waals surface area contributed by atoms with Crippen LogP contribution in [-0.4, -0.2) is 41.4 Å². The average molecular weight is 414 g/mol. The van der Waals surface area contributed by atoms with Gasteiger partial charge in [-0.2, -0.15) is 0 Å². The van der Waals surface area contributed by atoms with Crippen molar-refractivity contribution < 1.29 is 4.79 Å². The second kappa shape index (κ2) is 10.4. The highest BCUT2D eigenvalue weighted by Crippen LogP contribution is 2.16. The lowest BCUT2D eigenvalue weighted by Gasteiger charge is -2.26. The van der Waals surface area contributed by atoms with Crippen LogP contribution in [-0.2, 0) is 13.1 Å². The normalized spacial score (nSPS) is 14.7. The van der Waals surface area contributed by atoms with Crippen LogP contribution in [0, 0.1) is 13.8 Å². The number of carbonyl (C=O) groups is 1. The lowest BCUT2D eigenvalue weighted by atomic mass is 10.1. The van der Waals surface area contributed by atoms with Gasteiger partial charge in [-0.05, 0) is 57.7 Å². The Labute approximate surface area is 177 Å². The van der Waals surface area contributed by atoms with Crippen LogP contribution in [0.5, 0.6) is 0 Å². The Bertz CT molecular complexity index is 835. The molecule has 0 radical (unpaired) electrons. The van der Waals surface area contributed by atoms with Crippen LogP contribution in [0.1, 0.15) is 57.7 Å². The molecule has 29 heavy (non-hydrogen) atoms. The summed E-state index contributed by atoms with van der Waals surface area (Å²) in [5.41, 5.74) is 2.88. The Kier molecular flexibility index (Phi) is 7.63. The zero-order valence-corrected chi connectivity index (χ0v) is 18.4. The topological polar surface area (TPSA) is 69.6 Å². The molecule has 2 heterocycles. The zero-order chi connectivity index (χ0) is 20.6. The first-order valence-corrected chi connectivity index (χ1v) is 11.2. The number of hydrogen-bond donors (Lipinski definition) is 2. The highest BCUT2D eigenvalue weighted by Gasteiger charge is 2.18. The summed E-state index contributed by atoms with van der Waals surface area (Å²) in [4.78, 5) is 25.2. The maximum absolute atomic E-state index is 12.7. The van der Waals surface area contributed by atoms with Gasteiger partial charge in [0.05, 0.1) is 18.8 Å². The fraction of sp³-hybridized carbons (Fsp3) is 0.500. The van der Waals surface area contributed by atoms with Crippen LogP contribution in [0.3, 0.4) is 0 Å². The molecule has 0 bridgehead atoms. The van der Waals surface area contributed by atoms with E-state index >= 15 is 0 Å². The quantitative estimate of drug-likeness (QED) is 0.560. The molecule has 2 N–H and O–H groups in total. The molecular weight excluding hydrogens is 382 g/mol. The Morgan fingerprint density at radius 2 is 2.00 bits per heavy atom.